The lowest BCUT2D eigenvalue weighted by atomic mass is 10.0. The van der Waals surface area contributed by atoms with Crippen molar-refractivity contribution in [2.24, 2.45) is 5.73 Å². The number of halogens is 2. The smallest absolute Gasteiger partial charge is 0.387 e. The SMILES string of the molecule is NC(Cc1ncc[nH]1)c1cccc(OC(F)F)c1. The van der Waals surface area contributed by atoms with E-state index in [4.69, 9.17) is 5.73 Å². The number of alkyl halides is 2. The number of nitrogens with zero attached hydrogens (tertiary/aromatic N) is 1. The van der Waals surface area contributed by atoms with Crippen LogP contribution in [0.1, 0.15) is 17.4 Å². The molecule has 2 aromatic rings. The highest BCUT2D eigenvalue weighted by Crippen LogP contribution is 2.21. The molecule has 96 valence electrons. The second-order valence-corrected chi connectivity index (χ2v) is 3.80. The van der Waals surface area contributed by atoms with Crippen LogP contribution in [-0.2, 0) is 6.42 Å². The molecule has 18 heavy (non-hydrogen) atoms. The summed E-state index contributed by atoms with van der Waals surface area (Å²) in [6.07, 6.45) is 3.85. The zero-order valence-corrected chi connectivity index (χ0v) is 9.51. The van der Waals surface area contributed by atoms with Crippen molar-refractivity contribution in [3.05, 3.63) is 48.0 Å². The van der Waals surface area contributed by atoms with Crippen LogP contribution in [-0.4, -0.2) is 16.6 Å². The molecule has 0 saturated carbocycles. The summed E-state index contributed by atoms with van der Waals surface area (Å²) in [5.74, 6) is 0.861. The van der Waals surface area contributed by atoms with Gasteiger partial charge in [0.1, 0.15) is 11.6 Å². The van der Waals surface area contributed by atoms with Crippen molar-refractivity contribution in [2.45, 2.75) is 19.1 Å². The molecule has 4 nitrogen and oxygen atoms in total. The number of rotatable bonds is 5. The van der Waals surface area contributed by atoms with E-state index in [1.54, 1.807) is 24.5 Å². The molecular weight excluding hydrogens is 240 g/mol. The minimum Gasteiger partial charge on any atom is -0.435 e. The molecule has 0 amide bonds. The molecular formula is C12H13F2N3O. The first-order valence-corrected chi connectivity index (χ1v) is 5.44. The summed E-state index contributed by atoms with van der Waals surface area (Å²) in [5.41, 5.74) is 6.71. The van der Waals surface area contributed by atoms with Crippen LogP contribution >= 0.6 is 0 Å². The summed E-state index contributed by atoms with van der Waals surface area (Å²) in [7, 11) is 0. The number of nitrogens with two attached hydrogens (primary N) is 1. The fourth-order valence-electron chi connectivity index (χ4n) is 1.66. The van der Waals surface area contributed by atoms with E-state index in [-0.39, 0.29) is 11.8 Å². The fraction of sp³-hybridized carbons (Fsp3) is 0.250. The van der Waals surface area contributed by atoms with Gasteiger partial charge in [0.05, 0.1) is 0 Å². The minimum absolute atomic E-state index is 0.109. The molecule has 1 heterocycles. The molecule has 0 saturated heterocycles. The molecule has 6 heteroatoms. The molecule has 0 bridgehead atoms. The first-order chi connectivity index (χ1) is 8.65. The number of aromatic nitrogens is 2. The molecule has 0 radical (unpaired) electrons. The van der Waals surface area contributed by atoms with Crippen LogP contribution < -0.4 is 10.5 Å². The van der Waals surface area contributed by atoms with E-state index in [9.17, 15) is 8.78 Å². The van der Waals surface area contributed by atoms with E-state index in [1.807, 2.05) is 0 Å². The van der Waals surface area contributed by atoms with Gasteiger partial charge in [-0.3, -0.25) is 0 Å². The van der Waals surface area contributed by atoms with E-state index in [0.717, 1.165) is 11.4 Å². The summed E-state index contributed by atoms with van der Waals surface area (Å²) in [6, 6.07) is 6.06. The quantitative estimate of drug-likeness (QED) is 0.859. The number of hydrogen-bond donors (Lipinski definition) is 2. The van der Waals surface area contributed by atoms with Gasteiger partial charge >= 0.3 is 6.61 Å². The predicted octanol–water partition coefficient (Wildman–Crippen LogP) is 2.25. The third kappa shape index (κ3) is 3.27. The van der Waals surface area contributed by atoms with Crippen LogP contribution in [0, 0.1) is 0 Å². The van der Waals surface area contributed by atoms with Crippen molar-refractivity contribution in [1.29, 1.82) is 0 Å². The number of hydrogen-bond acceptors (Lipinski definition) is 3. The van der Waals surface area contributed by atoms with Gasteiger partial charge in [-0.2, -0.15) is 8.78 Å². The maximum atomic E-state index is 12.1. The topological polar surface area (TPSA) is 63.9 Å². The summed E-state index contributed by atoms with van der Waals surface area (Å²) in [4.78, 5) is 7.01. The zero-order chi connectivity index (χ0) is 13.0. The first-order valence-electron chi connectivity index (χ1n) is 5.44. The lowest BCUT2D eigenvalue weighted by Gasteiger charge is -2.12. The van der Waals surface area contributed by atoms with Crippen molar-refractivity contribution in [3.8, 4) is 5.75 Å². The van der Waals surface area contributed by atoms with Gasteiger partial charge in [-0.25, -0.2) is 4.98 Å². The third-order valence-corrected chi connectivity index (χ3v) is 2.48. The largest absolute Gasteiger partial charge is 0.435 e. The summed E-state index contributed by atoms with van der Waals surface area (Å²) >= 11 is 0. The van der Waals surface area contributed by atoms with E-state index < -0.39 is 6.61 Å². The van der Waals surface area contributed by atoms with Gasteiger partial charge in [0.25, 0.3) is 0 Å². The molecule has 3 N–H and O–H groups in total. The first kappa shape index (κ1) is 12.5. The maximum Gasteiger partial charge on any atom is 0.387 e. The van der Waals surface area contributed by atoms with Gasteiger partial charge in [0.2, 0.25) is 0 Å². The number of H-pyrrole nitrogens is 1. The van der Waals surface area contributed by atoms with Gasteiger partial charge in [-0.05, 0) is 17.7 Å². The Bertz CT molecular complexity index is 488. The second kappa shape index (κ2) is 5.59. The average molecular weight is 253 g/mol. The van der Waals surface area contributed by atoms with Crippen LogP contribution in [0.25, 0.3) is 0 Å². The highest BCUT2D eigenvalue weighted by atomic mass is 19.3. The predicted molar refractivity (Wildman–Crippen MR) is 62.3 cm³/mol. The normalized spacial score (nSPS) is 12.7. The minimum atomic E-state index is -2.83. The van der Waals surface area contributed by atoms with Crippen molar-refractivity contribution in [1.82, 2.24) is 9.97 Å². The molecule has 1 atom stereocenters. The van der Waals surface area contributed by atoms with Gasteiger partial charge in [0, 0.05) is 24.9 Å². The van der Waals surface area contributed by atoms with Crippen LogP contribution in [0.4, 0.5) is 8.78 Å². The van der Waals surface area contributed by atoms with Crippen LogP contribution in [0.2, 0.25) is 0 Å². The van der Waals surface area contributed by atoms with E-state index >= 15 is 0 Å². The second-order valence-electron chi connectivity index (χ2n) is 3.80. The Morgan fingerprint density at radius 2 is 2.22 bits per heavy atom. The Balaban J connectivity index is 2.07. The summed E-state index contributed by atoms with van der Waals surface area (Å²) in [6.45, 7) is -2.83. The molecule has 0 aliphatic rings. The molecule has 1 aromatic heterocycles. The Labute approximate surface area is 103 Å². The summed E-state index contributed by atoms with van der Waals surface area (Å²) in [5, 5.41) is 0. The van der Waals surface area contributed by atoms with Crippen LogP contribution in [0.5, 0.6) is 5.75 Å². The highest BCUT2D eigenvalue weighted by molar-refractivity contribution is 5.30. The fourth-order valence-corrected chi connectivity index (χ4v) is 1.66. The standard InChI is InChI=1S/C12H13F2N3O/c13-12(14)18-9-3-1-2-8(6-9)10(15)7-11-16-4-5-17-11/h1-6,10,12H,7,15H2,(H,16,17). The number of ether oxygens (including phenoxy) is 1. The van der Waals surface area contributed by atoms with Crippen molar-refractivity contribution in [2.75, 3.05) is 0 Å². The maximum absolute atomic E-state index is 12.1. The van der Waals surface area contributed by atoms with Gasteiger partial charge in [0.15, 0.2) is 0 Å². The summed E-state index contributed by atoms with van der Waals surface area (Å²) < 4.78 is 28.5. The van der Waals surface area contributed by atoms with Gasteiger partial charge in [-0.15, -0.1) is 0 Å². The molecule has 0 fully saturated rings. The van der Waals surface area contributed by atoms with E-state index in [2.05, 4.69) is 14.7 Å². The van der Waals surface area contributed by atoms with Crippen molar-refractivity contribution >= 4 is 0 Å². The van der Waals surface area contributed by atoms with Crippen molar-refractivity contribution < 1.29 is 13.5 Å². The molecule has 0 aliphatic carbocycles. The zero-order valence-electron chi connectivity index (χ0n) is 9.51. The molecule has 0 aliphatic heterocycles. The van der Waals surface area contributed by atoms with Crippen LogP contribution in [0.3, 0.4) is 0 Å². The Hall–Kier alpha value is -1.95. The van der Waals surface area contributed by atoms with Crippen molar-refractivity contribution in [3.63, 3.8) is 0 Å². The number of nitrogens with one attached hydrogen (secondary N) is 1. The Morgan fingerprint density at radius 3 is 2.89 bits per heavy atom. The third-order valence-electron chi connectivity index (χ3n) is 2.48. The number of benzene rings is 1. The number of aromatic amines is 1. The molecule has 1 unspecified atom stereocenters. The lowest BCUT2D eigenvalue weighted by Crippen LogP contribution is -2.14. The Morgan fingerprint density at radius 1 is 1.39 bits per heavy atom. The molecule has 1 aromatic carbocycles. The van der Waals surface area contributed by atoms with Crippen LogP contribution in [0.15, 0.2) is 36.7 Å². The van der Waals surface area contributed by atoms with E-state index in [1.165, 1.54) is 12.1 Å². The van der Waals surface area contributed by atoms with Gasteiger partial charge < -0.3 is 15.5 Å². The highest BCUT2D eigenvalue weighted by Gasteiger charge is 2.11. The Kier molecular flexibility index (Phi) is 3.88. The monoisotopic (exact) mass is 253 g/mol. The average Bonchev–Trinajstić information content (AvgIpc) is 2.81. The van der Waals surface area contributed by atoms with Gasteiger partial charge in [-0.1, -0.05) is 12.1 Å². The lowest BCUT2D eigenvalue weighted by molar-refractivity contribution is -0.0499. The number of imidazole rings is 1. The van der Waals surface area contributed by atoms with E-state index in [0.29, 0.717) is 6.42 Å². The molecule has 2 rings (SSSR count). The molecule has 0 spiro atoms.